The highest BCUT2D eigenvalue weighted by atomic mass is 16.2. The van der Waals surface area contributed by atoms with Crippen LogP contribution in [0.15, 0.2) is 35.9 Å². The molecule has 1 N–H and O–H groups in total. The largest absolute Gasteiger partial charge is 0.366 e. The summed E-state index contributed by atoms with van der Waals surface area (Å²) >= 11 is 0. The molecule has 1 atom stereocenters. The van der Waals surface area contributed by atoms with Gasteiger partial charge in [0.1, 0.15) is 5.57 Å². The van der Waals surface area contributed by atoms with E-state index in [4.69, 9.17) is 0 Å². The molecule has 0 radical (unpaired) electrons. The van der Waals surface area contributed by atoms with Crippen molar-refractivity contribution in [3.63, 3.8) is 0 Å². The van der Waals surface area contributed by atoms with Crippen LogP contribution in [0.5, 0.6) is 0 Å². The Balaban J connectivity index is 1.78. The van der Waals surface area contributed by atoms with Crippen molar-refractivity contribution in [1.29, 1.82) is 0 Å². The fourth-order valence-electron chi connectivity index (χ4n) is 5.32. The molecule has 2 heterocycles. The smallest absolute Gasteiger partial charge is 0.335 e. The van der Waals surface area contributed by atoms with Gasteiger partial charge in [-0.25, -0.2) is 9.69 Å². The molecule has 2 aliphatic rings. The predicted octanol–water partition coefficient (Wildman–Crippen LogP) is 5.39. The van der Waals surface area contributed by atoms with Gasteiger partial charge < -0.3 is 4.90 Å². The molecular formula is C28H33N3O3. The van der Waals surface area contributed by atoms with E-state index >= 15 is 0 Å². The Hall–Kier alpha value is -3.41. The van der Waals surface area contributed by atoms with Crippen LogP contribution in [-0.4, -0.2) is 29.9 Å². The second-order valence-electron chi connectivity index (χ2n) is 10.2. The normalized spacial score (nSPS) is 21.1. The Bertz CT molecular complexity index is 1240. The van der Waals surface area contributed by atoms with Crippen LogP contribution >= 0.6 is 0 Å². The van der Waals surface area contributed by atoms with Crippen LogP contribution in [0, 0.1) is 20.8 Å². The van der Waals surface area contributed by atoms with Gasteiger partial charge in [-0.05, 0) is 112 Å². The lowest BCUT2D eigenvalue weighted by atomic mass is 9.79. The number of anilines is 2. The second-order valence-corrected chi connectivity index (χ2v) is 10.2. The third-order valence-electron chi connectivity index (χ3n) is 7.24. The highest BCUT2D eigenvalue weighted by Crippen LogP contribution is 2.44. The summed E-state index contributed by atoms with van der Waals surface area (Å²) in [7, 11) is 0. The molecule has 4 amide bonds. The van der Waals surface area contributed by atoms with Crippen LogP contribution < -0.4 is 15.1 Å². The van der Waals surface area contributed by atoms with Gasteiger partial charge in [-0.3, -0.25) is 14.9 Å². The molecule has 2 aromatic carbocycles. The quantitative estimate of drug-likeness (QED) is 0.494. The van der Waals surface area contributed by atoms with Crippen molar-refractivity contribution >= 4 is 35.3 Å². The summed E-state index contributed by atoms with van der Waals surface area (Å²) in [5.74, 6) is -0.940. The van der Waals surface area contributed by atoms with E-state index in [1.807, 2.05) is 26.8 Å². The molecule has 4 rings (SSSR count). The van der Waals surface area contributed by atoms with Gasteiger partial charge >= 0.3 is 6.03 Å². The van der Waals surface area contributed by atoms with Gasteiger partial charge in [-0.15, -0.1) is 0 Å². The molecule has 0 saturated carbocycles. The number of rotatable bonds is 3. The zero-order valence-corrected chi connectivity index (χ0v) is 21.1. The molecule has 6 nitrogen and oxygen atoms in total. The van der Waals surface area contributed by atoms with Crippen molar-refractivity contribution in [1.82, 2.24) is 5.32 Å². The summed E-state index contributed by atoms with van der Waals surface area (Å²) in [6.45, 7) is 15.7. The zero-order valence-electron chi connectivity index (χ0n) is 21.1. The van der Waals surface area contributed by atoms with Crippen LogP contribution in [0.25, 0.3) is 6.08 Å². The number of imide groups is 2. The molecule has 0 bridgehead atoms. The summed E-state index contributed by atoms with van der Waals surface area (Å²) in [6, 6.07) is 8.89. The molecule has 1 unspecified atom stereocenters. The average molecular weight is 460 g/mol. The third-order valence-corrected chi connectivity index (χ3v) is 7.24. The number of barbiturate groups is 1. The summed E-state index contributed by atoms with van der Waals surface area (Å²) < 4.78 is 0. The lowest BCUT2D eigenvalue weighted by Gasteiger charge is -2.47. The third kappa shape index (κ3) is 3.91. The number of urea groups is 1. The van der Waals surface area contributed by atoms with Crippen molar-refractivity contribution in [2.24, 2.45) is 0 Å². The van der Waals surface area contributed by atoms with Gasteiger partial charge in [0, 0.05) is 17.8 Å². The van der Waals surface area contributed by atoms with Crippen molar-refractivity contribution in [3.8, 4) is 0 Å². The zero-order chi connectivity index (χ0) is 24.9. The van der Waals surface area contributed by atoms with Gasteiger partial charge in [-0.2, -0.15) is 0 Å². The highest BCUT2D eigenvalue weighted by molar-refractivity contribution is 6.39. The van der Waals surface area contributed by atoms with E-state index in [1.54, 1.807) is 18.2 Å². The first-order chi connectivity index (χ1) is 15.9. The Morgan fingerprint density at radius 3 is 2.38 bits per heavy atom. The maximum absolute atomic E-state index is 13.4. The van der Waals surface area contributed by atoms with Crippen LogP contribution in [0.3, 0.4) is 0 Å². The second kappa shape index (κ2) is 8.42. The maximum Gasteiger partial charge on any atom is 0.335 e. The van der Waals surface area contributed by atoms with E-state index in [2.05, 4.69) is 50.0 Å². The molecular weight excluding hydrogens is 426 g/mol. The summed E-state index contributed by atoms with van der Waals surface area (Å²) in [5.41, 5.74) is 6.69. The molecule has 0 aliphatic carbocycles. The van der Waals surface area contributed by atoms with Crippen LogP contribution in [-0.2, 0) is 9.59 Å². The van der Waals surface area contributed by atoms with Gasteiger partial charge in [0.15, 0.2) is 0 Å². The molecule has 1 saturated heterocycles. The minimum atomic E-state index is -0.730. The number of nitrogens with zero attached hydrogens (tertiary/aromatic N) is 2. The van der Waals surface area contributed by atoms with Crippen molar-refractivity contribution < 1.29 is 14.4 Å². The molecule has 6 heteroatoms. The molecule has 2 aliphatic heterocycles. The Kier molecular flexibility index (Phi) is 5.88. The highest BCUT2D eigenvalue weighted by Gasteiger charge is 2.38. The number of benzene rings is 2. The number of fused-ring (bicyclic) bond motifs is 1. The van der Waals surface area contributed by atoms with Crippen molar-refractivity contribution in [2.75, 3.05) is 16.3 Å². The minimum absolute atomic E-state index is 0.0444. The van der Waals surface area contributed by atoms with Gasteiger partial charge in [0.05, 0.1) is 5.69 Å². The van der Waals surface area contributed by atoms with E-state index in [0.717, 1.165) is 40.1 Å². The number of hydrogen-bond donors (Lipinski definition) is 1. The fourth-order valence-corrected chi connectivity index (χ4v) is 5.32. The number of aryl methyl sites for hydroxylation is 3. The number of amides is 4. The van der Waals surface area contributed by atoms with Gasteiger partial charge in [0.25, 0.3) is 11.8 Å². The van der Waals surface area contributed by atoms with Gasteiger partial charge in [0.2, 0.25) is 0 Å². The fraction of sp³-hybridized carbons (Fsp3) is 0.393. The monoisotopic (exact) mass is 459 g/mol. The van der Waals surface area contributed by atoms with Crippen LogP contribution in [0.4, 0.5) is 16.2 Å². The summed E-state index contributed by atoms with van der Waals surface area (Å²) in [5, 5.41) is 2.33. The Labute approximate surface area is 201 Å². The lowest BCUT2D eigenvalue weighted by Crippen LogP contribution is -2.54. The summed E-state index contributed by atoms with van der Waals surface area (Å²) in [6.07, 6.45) is 2.64. The van der Waals surface area contributed by atoms with E-state index in [0.29, 0.717) is 11.6 Å². The number of hydrogen-bond acceptors (Lipinski definition) is 4. The van der Waals surface area contributed by atoms with Gasteiger partial charge in [-0.1, -0.05) is 13.0 Å². The SMILES string of the molecule is CCN1c2cc(C)c(/C=C3/C(=O)NC(=O)N(c4ccc(C)c(C)c4)C3=O)cc2C(C)CC1(C)C. The average Bonchev–Trinajstić information content (AvgIpc) is 2.73. The van der Waals surface area contributed by atoms with Crippen LogP contribution in [0.2, 0.25) is 0 Å². The number of nitrogens with one attached hydrogen (secondary N) is 1. The Morgan fingerprint density at radius 2 is 1.74 bits per heavy atom. The first-order valence-corrected chi connectivity index (χ1v) is 11.9. The first-order valence-electron chi connectivity index (χ1n) is 11.9. The van der Waals surface area contributed by atoms with E-state index in [-0.39, 0.29) is 11.1 Å². The summed E-state index contributed by atoms with van der Waals surface area (Å²) in [4.78, 5) is 42.1. The molecule has 1 fully saturated rings. The lowest BCUT2D eigenvalue weighted by molar-refractivity contribution is -0.122. The molecule has 0 spiro atoms. The van der Waals surface area contributed by atoms with Crippen molar-refractivity contribution in [3.05, 3.63) is 63.7 Å². The van der Waals surface area contributed by atoms with E-state index in [1.165, 1.54) is 11.3 Å². The molecule has 2 aromatic rings. The maximum atomic E-state index is 13.4. The first kappa shape index (κ1) is 23.7. The minimum Gasteiger partial charge on any atom is -0.366 e. The molecule has 0 aromatic heterocycles. The van der Waals surface area contributed by atoms with Crippen LogP contribution in [0.1, 0.15) is 67.9 Å². The van der Waals surface area contributed by atoms with E-state index in [9.17, 15) is 14.4 Å². The number of carbonyl (C=O) groups excluding carboxylic acids is 3. The number of carbonyl (C=O) groups is 3. The molecule has 34 heavy (non-hydrogen) atoms. The molecule has 178 valence electrons. The van der Waals surface area contributed by atoms with E-state index < -0.39 is 17.8 Å². The topological polar surface area (TPSA) is 69.7 Å². The standard InChI is InChI=1S/C28H33N3O3/c1-8-30-24-12-18(4)20(13-22(24)19(5)15-28(30,6)7)14-23-25(32)29-27(34)31(26(23)33)21-10-9-16(2)17(3)11-21/h9-14,19H,8,15H2,1-7H3,(H,29,32,34)/b23-14-. The predicted molar refractivity (Wildman–Crippen MR) is 136 cm³/mol. The van der Waals surface area contributed by atoms with Crippen molar-refractivity contribution in [2.45, 2.75) is 66.3 Å². The Morgan fingerprint density at radius 1 is 1.03 bits per heavy atom.